The van der Waals surface area contributed by atoms with Gasteiger partial charge in [0.15, 0.2) is 0 Å². The van der Waals surface area contributed by atoms with Crippen molar-refractivity contribution in [3.05, 3.63) is 139 Å². The first-order valence-electron chi connectivity index (χ1n) is 11.9. The molecule has 34 heavy (non-hydrogen) atoms. The predicted octanol–water partition coefficient (Wildman–Crippen LogP) is 9.13. The van der Waals surface area contributed by atoms with Gasteiger partial charge in [-0.05, 0) is 46.5 Å². The van der Waals surface area contributed by atoms with Crippen molar-refractivity contribution in [2.24, 2.45) is 0 Å². The molecule has 0 fully saturated rings. The Kier molecular flexibility index (Phi) is 4.85. The third kappa shape index (κ3) is 3.16. The summed E-state index contributed by atoms with van der Waals surface area (Å²) in [7, 11) is 0. The molecule has 0 unspecified atom stereocenters. The van der Waals surface area contributed by atoms with E-state index in [1.807, 2.05) is 0 Å². The standard InChI is InChI=1S/C33H27N/c1-33(2)28-20-11-9-19-27(28)32-29(33)21-13-23-31(32)34(25-16-7-4-8-17-25)30-22-12-10-18-26(30)24-14-5-3-6-15-24/h3-23H,1-2H3. The lowest BCUT2D eigenvalue weighted by Gasteiger charge is -2.30. The van der Waals surface area contributed by atoms with Crippen molar-refractivity contribution < 1.29 is 0 Å². The van der Waals surface area contributed by atoms with E-state index >= 15 is 0 Å². The van der Waals surface area contributed by atoms with Gasteiger partial charge in [0.05, 0.1) is 11.4 Å². The normalized spacial score (nSPS) is 13.2. The maximum atomic E-state index is 2.43. The minimum atomic E-state index is -0.0384. The van der Waals surface area contributed by atoms with Crippen LogP contribution in [-0.2, 0) is 5.41 Å². The molecule has 5 aromatic rings. The second-order valence-corrected chi connectivity index (χ2v) is 9.42. The second kappa shape index (κ2) is 8.04. The van der Waals surface area contributed by atoms with E-state index in [4.69, 9.17) is 0 Å². The number of para-hydroxylation sites is 2. The summed E-state index contributed by atoms with van der Waals surface area (Å²) in [6.07, 6.45) is 0. The lowest BCUT2D eigenvalue weighted by atomic mass is 9.82. The third-order valence-electron chi connectivity index (χ3n) is 7.07. The number of hydrogen-bond donors (Lipinski definition) is 0. The number of hydrogen-bond acceptors (Lipinski definition) is 1. The molecule has 0 amide bonds. The van der Waals surface area contributed by atoms with E-state index < -0.39 is 0 Å². The van der Waals surface area contributed by atoms with Crippen LogP contribution >= 0.6 is 0 Å². The zero-order valence-corrected chi connectivity index (χ0v) is 19.6. The molecule has 0 radical (unpaired) electrons. The molecule has 0 N–H and O–H groups in total. The molecule has 0 aliphatic heterocycles. The molecule has 1 aliphatic carbocycles. The summed E-state index contributed by atoms with van der Waals surface area (Å²) < 4.78 is 0. The molecule has 0 bridgehead atoms. The Hall–Kier alpha value is -4.10. The van der Waals surface area contributed by atoms with Gasteiger partial charge < -0.3 is 4.90 Å². The van der Waals surface area contributed by atoms with E-state index in [-0.39, 0.29) is 5.41 Å². The SMILES string of the molecule is CC1(C)c2ccccc2-c2c(N(c3ccccc3)c3ccccc3-c3ccccc3)cccc21. The summed E-state index contributed by atoms with van der Waals surface area (Å²) >= 11 is 0. The van der Waals surface area contributed by atoms with E-state index in [1.54, 1.807) is 0 Å². The van der Waals surface area contributed by atoms with Gasteiger partial charge in [0.25, 0.3) is 0 Å². The van der Waals surface area contributed by atoms with Crippen LogP contribution in [0.1, 0.15) is 25.0 Å². The summed E-state index contributed by atoms with van der Waals surface area (Å²) in [6, 6.07) is 45.8. The molecule has 1 heteroatoms. The topological polar surface area (TPSA) is 3.24 Å². The smallest absolute Gasteiger partial charge is 0.0543 e. The minimum absolute atomic E-state index is 0.0384. The zero-order valence-electron chi connectivity index (χ0n) is 19.6. The first kappa shape index (κ1) is 20.5. The Balaban J connectivity index is 1.66. The van der Waals surface area contributed by atoms with Gasteiger partial charge in [-0.2, -0.15) is 0 Å². The van der Waals surface area contributed by atoms with Gasteiger partial charge in [-0.25, -0.2) is 0 Å². The predicted molar refractivity (Wildman–Crippen MR) is 144 cm³/mol. The highest BCUT2D eigenvalue weighted by Gasteiger charge is 2.37. The van der Waals surface area contributed by atoms with Crippen LogP contribution in [0, 0.1) is 0 Å². The minimum Gasteiger partial charge on any atom is -0.309 e. The Morgan fingerprint density at radius 3 is 1.79 bits per heavy atom. The molecular weight excluding hydrogens is 410 g/mol. The fraction of sp³-hybridized carbons (Fsp3) is 0.0909. The Morgan fingerprint density at radius 2 is 1.03 bits per heavy atom. The van der Waals surface area contributed by atoms with Crippen LogP contribution < -0.4 is 4.90 Å². The molecule has 5 aromatic carbocycles. The van der Waals surface area contributed by atoms with Gasteiger partial charge in [0, 0.05) is 22.2 Å². The van der Waals surface area contributed by atoms with Gasteiger partial charge >= 0.3 is 0 Å². The zero-order chi connectivity index (χ0) is 23.1. The maximum Gasteiger partial charge on any atom is 0.0543 e. The van der Waals surface area contributed by atoms with Crippen molar-refractivity contribution in [1.29, 1.82) is 0 Å². The molecule has 0 saturated heterocycles. The molecule has 1 aliphatic rings. The van der Waals surface area contributed by atoms with E-state index in [0.717, 1.165) is 5.69 Å². The van der Waals surface area contributed by atoms with E-state index in [1.165, 1.54) is 44.8 Å². The third-order valence-corrected chi connectivity index (χ3v) is 7.07. The molecule has 164 valence electrons. The van der Waals surface area contributed by atoms with E-state index in [2.05, 4.69) is 146 Å². The van der Waals surface area contributed by atoms with Crippen LogP contribution in [0.4, 0.5) is 17.1 Å². The van der Waals surface area contributed by atoms with Gasteiger partial charge in [-0.3, -0.25) is 0 Å². The first-order chi connectivity index (χ1) is 16.7. The van der Waals surface area contributed by atoms with Gasteiger partial charge in [-0.1, -0.05) is 117 Å². The number of fused-ring (bicyclic) bond motifs is 3. The van der Waals surface area contributed by atoms with Gasteiger partial charge in [0.1, 0.15) is 0 Å². The highest BCUT2D eigenvalue weighted by molar-refractivity contribution is 5.97. The quantitative estimate of drug-likeness (QED) is 0.271. The summed E-state index contributed by atoms with van der Waals surface area (Å²) in [5.41, 5.74) is 11.4. The first-order valence-corrected chi connectivity index (χ1v) is 11.9. The molecule has 0 heterocycles. The molecule has 0 saturated carbocycles. The van der Waals surface area contributed by atoms with Crippen molar-refractivity contribution in [3.8, 4) is 22.3 Å². The largest absolute Gasteiger partial charge is 0.309 e. The average molecular weight is 438 g/mol. The van der Waals surface area contributed by atoms with Crippen LogP contribution in [0.15, 0.2) is 127 Å². The lowest BCUT2D eigenvalue weighted by molar-refractivity contribution is 0.660. The second-order valence-electron chi connectivity index (χ2n) is 9.42. The Morgan fingerprint density at radius 1 is 0.471 bits per heavy atom. The van der Waals surface area contributed by atoms with Crippen molar-refractivity contribution >= 4 is 17.1 Å². The highest BCUT2D eigenvalue weighted by Crippen LogP contribution is 2.54. The van der Waals surface area contributed by atoms with E-state index in [0.29, 0.717) is 0 Å². The van der Waals surface area contributed by atoms with Crippen molar-refractivity contribution in [2.45, 2.75) is 19.3 Å². The summed E-state index contributed by atoms with van der Waals surface area (Å²) in [5.74, 6) is 0. The van der Waals surface area contributed by atoms with Crippen LogP contribution in [-0.4, -0.2) is 0 Å². The maximum absolute atomic E-state index is 2.43. The number of nitrogens with zero attached hydrogens (tertiary/aromatic N) is 1. The molecule has 1 nitrogen and oxygen atoms in total. The summed E-state index contributed by atoms with van der Waals surface area (Å²) in [4.78, 5) is 2.43. The van der Waals surface area contributed by atoms with Gasteiger partial charge in [0.2, 0.25) is 0 Å². The highest BCUT2D eigenvalue weighted by atomic mass is 15.1. The Bertz CT molecular complexity index is 1470. The summed E-state index contributed by atoms with van der Waals surface area (Å²) in [6.45, 7) is 4.68. The molecule has 0 aromatic heterocycles. The number of rotatable bonds is 4. The molecule has 6 rings (SSSR count). The monoisotopic (exact) mass is 437 g/mol. The van der Waals surface area contributed by atoms with Crippen molar-refractivity contribution in [2.75, 3.05) is 4.90 Å². The molecule has 0 atom stereocenters. The van der Waals surface area contributed by atoms with E-state index in [9.17, 15) is 0 Å². The molecule has 0 spiro atoms. The van der Waals surface area contributed by atoms with Crippen molar-refractivity contribution in [1.82, 2.24) is 0 Å². The van der Waals surface area contributed by atoms with Crippen molar-refractivity contribution in [3.63, 3.8) is 0 Å². The number of benzene rings is 5. The average Bonchev–Trinajstić information content (AvgIpc) is 3.13. The van der Waals surface area contributed by atoms with Crippen LogP contribution in [0.5, 0.6) is 0 Å². The van der Waals surface area contributed by atoms with Gasteiger partial charge in [-0.15, -0.1) is 0 Å². The van der Waals surface area contributed by atoms with Crippen LogP contribution in [0.2, 0.25) is 0 Å². The Labute approximate surface area is 202 Å². The summed E-state index contributed by atoms with van der Waals surface area (Å²) in [5, 5.41) is 0. The number of anilines is 3. The fourth-order valence-corrected chi connectivity index (χ4v) is 5.44. The van der Waals surface area contributed by atoms with Crippen LogP contribution in [0.3, 0.4) is 0 Å². The lowest BCUT2D eigenvalue weighted by Crippen LogP contribution is -2.16. The fourth-order valence-electron chi connectivity index (χ4n) is 5.44. The van der Waals surface area contributed by atoms with Crippen LogP contribution in [0.25, 0.3) is 22.3 Å². The molecular formula is C33H27N.